The molecule has 2 saturated heterocycles. The van der Waals surface area contributed by atoms with Gasteiger partial charge in [0.15, 0.2) is 0 Å². The Hall–Kier alpha value is -2.26. The van der Waals surface area contributed by atoms with Crippen LogP contribution in [-0.4, -0.2) is 69.5 Å². The summed E-state index contributed by atoms with van der Waals surface area (Å²) in [6, 6.07) is 0.136. The minimum absolute atomic E-state index is 0.136. The monoisotopic (exact) mass is 430 g/mol. The van der Waals surface area contributed by atoms with E-state index < -0.39 is 0 Å². The Morgan fingerprint density at radius 3 is 2.61 bits per heavy atom. The van der Waals surface area contributed by atoms with Crippen LogP contribution in [0.4, 0.5) is 0 Å². The first-order chi connectivity index (χ1) is 14.8. The minimum atomic E-state index is 0.136. The second-order valence-electron chi connectivity index (χ2n) is 9.26. The Labute approximate surface area is 183 Å². The van der Waals surface area contributed by atoms with Gasteiger partial charge >= 0.3 is 0 Å². The van der Waals surface area contributed by atoms with Crippen LogP contribution in [0.2, 0.25) is 0 Å². The molecule has 1 spiro atoms. The highest BCUT2D eigenvalue weighted by Crippen LogP contribution is 2.48. The molecule has 0 bridgehead atoms. The molecule has 0 saturated carbocycles. The van der Waals surface area contributed by atoms with Crippen LogP contribution in [0, 0.1) is 19.3 Å². The zero-order valence-electron chi connectivity index (χ0n) is 19.3. The maximum Gasteiger partial charge on any atom is 0.242 e. The Balaban J connectivity index is 1.32. The minimum Gasteiger partial charge on any atom is -0.421 e. The molecule has 2 aromatic heterocycles. The van der Waals surface area contributed by atoms with Crippen LogP contribution in [0.3, 0.4) is 0 Å². The number of nitrogens with zero attached hydrogens (tertiary/aromatic N) is 6. The van der Waals surface area contributed by atoms with Crippen LogP contribution in [-0.2, 0) is 29.6 Å². The van der Waals surface area contributed by atoms with Crippen LogP contribution < -0.4 is 0 Å². The van der Waals surface area contributed by atoms with Gasteiger partial charge in [-0.05, 0) is 57.6 Å². The van der Waals surface area contributed by atoms with Crippen LogP contribution in [0.25, 0.3) is 0 Å². The normalized spacial score (nSPS) is 21.3. The molecule has 0 N–H and O–H groups in total. The number of methoxy groups -OCH3 is 1. The molecule has 0 radical (unpaired) electrons. The molecule has 0 aromatic carbocycles. The average molecular weight is 431 g/mol. The van der Waals surface area contributed by atoms with Gasteiger partial charge in [-0.25, -0.2) is 0 Å². The number of aryl methyl sites for hydroxylation is 2. The van der Waals surface area contributed by atoms with Gasteiger partial charge in [-0.1, -0.05) is 0 Å². The second-order valence-corrected chi connectivity index (χ2v) is 9.26. The first kappa shape index (κ1) is 22.0. The van der Waals surface area contributed by atoms with E-state index in [2.05, 4.69) is 34.2 Å². The molecule has 2 aliphatic heterocycles. The van der Waals surface area contributed by atoms with Crippen LogP contribution >= 0.6 is 0 Å². The number of rotatable bonds is 6. The van der Waals surface area contributed by atoms with E-state index in [0.29, 0.717) is 24.8 Å². The predicted molar refractivity (Wildman–Crippen MR) is 114 cm³/mol. The fraction of sp³-hybridized carbons (Fsp3) is 0.727. The quantitative estimate of drug-likeness (QED) is 0.694. The van der Waals surface area contributed by atoms with Gasteiger partial charge in [-0.15, -0.1) is 10.2 Å². The lowest BCUT2D eigenvalue weighted by Crippen LogP contribution is -2.44. The van der Waals surface area contributed by atoms with E-state index in [1.54, 1.807) is 7.11 Å². The van der Waals surface area contributed by atoms with Crippen molar-refractivity contribution >= 4 is 5.91 Å². The summed E-state index contributed by atoms with van der Waals surface area (Å²) in [6.07, 6.45) is 4.34. The lowest BCUT2D eigenvalue weighted by Gasteiger charge is -2.39. The molecule has 2 fully saturated rings. The van der Waals surface area contributed by atoms with E-state index in [1.165, 1.54) is 5.56 Å². The lowest BCUT2D eigenvalue weighted by atomic mass is 9.76. The molecule has 31 heavy (non-hydrogen) atoms. The Morgan fingerprint density at radius 2 is 1.97 bits per heavy atom. The van der Waals surface area contributed by atoms with Crippen molar-refractivity contribution in [1.29, 1.82) is 0 Å². The maximum absolute atomic E-state index is 12.9. The number of piperidine rings is 1. The summed E-state index contributed by atoms with van der Waals surface area (Å²) in [6.45, 7) is 7.07. The number of carbonyl (C=O) groups excluding carboxylic acids is 1. The van der Waals surface area contributed by atoms with E-state index in [9.17, 15) is 4.79 Å². The third kappa shape index (κ3) is 4.39. The van der Waals surface area contributed by atoms with Crippen molar-refractivity contribution in [3.63, 3.8) is 0 Å². The summed E-state index contributed by atoms with van der Waals surface area (Å²) >= 11 is 0. The van der Waals surface area contributed by atoms with E-state index >= 15 is 0 Å². The third-order valence-corrected chi connectivity index (χ3v) is 7.20. The number of carbonyl (C=O) groups is 1. The smallest absolute Gasteiger partial charge is 0.242 e. The van der Waals surface area contributed by atoms with Crippen molar-refractivity contribution in [2.24, 2.45) is 12.5 Å². The first-order valence-electron chi connectivity index (χ1n) is 11.1. The number of ether oxygens (including phenoxy) is 1. The lowest BCUT2D eigenvalue weighted by molar-refractivity contribution is -0.133. The number of hydrogen-bond acceptors (Lipinski definition) is 7. The standard InChI is InChI=1S/C22H34N6O3/c1-15-17(16(2)27(4)25-15)6-7-20(29)28-10-8-22(9-11-28)12-18(26(3)14-22)21-24-23-19(31-21)13-30-5/h18H,6-14H2,1-5H3. The molecule has 4 heterocycles. The van der Waals surface area contributed by atoms with Gasteiger partial charge in [-0.2, -0.15) is 5.10 Å². The SMILES string of the molecule is COCc1nnc(C2CC3(CCN(C(=O)CCc4c(C)nn(C)c4C)CC3)CN2C)o1. The van der Waals surface area contributed by atoms with E-state index in [1.807, 2.05) is 23.6 Å². The number of hydrogen-bond donors (Lipinski definition) is 0. The van der Waals surface area contributed by atoms with Crippen LogP contribution in [0.5, 0.6) is 0 Å². The van der Waals surface area contributed by atoms with Crippen LogP contribution in [0.1, 0.15) is 60.5 Å². The van der Waals surface area contributed by atoms with Crippen molar-refractivity contribution in [3.8, 4) is 0 Å². The molecule has 1 atom stereocenters. The third-order valence-electron chi connectivity index (χ3n) is 7.20. The summed E-state index contributed by atoms with van der Waals surface area (Å²) in [5, 5.41) is 12.8. The van der Waals surface area contributed by atoms with Gasteiger partial charge in [0.1, 0.15) is 6.61 Å². The Morgan fingerprint density at radius 1 is 1.23 bits per heavy atom. The first-order valence-corrected chi connectivity index (χ1v) is 11.1. The van der Waals surface area contributed by atoms with Gasteiger partial charge in [0.2, 0.25) is 17.7 Å². The average Bonchev–Trinajstić information content (AvgIpc) is 3.39. The van der Waals surface area contributed by atoms with Gasteiger partial charge in [0.05, 0.1) is 11.7 Å². The highest BCUT2D eigenvalue weighted by Gasteiger charge is 2.46. The van der Waals surface area contributed by atoms with Gasteiger partial charge in [-0.3, -0.25) is 14.4 Å². The van der Waals surface area contributed by atoms with Crippen molar-refractivity contribution in [2.75, 3.05) is 33.8 Å². The largest absolute Gasteiger partial charge is 0.421 e. The van der Waals surface area contributed by atoms with E-state index in [4.69, 9.17) is 9.15 Å². The highest BCUT2D eigenvalue weighted by atomic mass is 16.5. The second kappa shape index (κ2) is 8.70. The summed E-state index contributed by atoms with van der Waals surface area (Å²) < 4.78 is 12.8. The Bertz CT molecular complexity index is 928. The van der Waals surface area contributed by atoms with Crippen molar-refractivity contribution < 1.29 is 13.9 Å². The highest BCUT2D eigenvalue weighted by molar-refractivity contribution is 5.76. The maximum atomic E-state index is 12.9. The van der Waals surface area contributed by atoms with E-state index in [-0.39, 0.29) is 17.4 Å². The van der Waals surface area contributed by atoms with Gasteiger partial charge in [0.25, 0.3) is 0 Å². The number of likely N-dealkylation sites (tertiary alicyclic amines) is 2. The summed E-state index contributed by atoms with van der Waals surface area (Å²) in [4.78, 5) is 17.2. The zero-order chi connectivity index (χ0) is 22.2. The molecular formula is C22H34N6O3. The summed E-state index contributed by atoms with van der Waals surface area (Å²) in [7, 11) is 5.70. The molecule has 1 amide bonds. The molecule has 0 aliphatic carbocycles. The Kier molecular flexibility index (Phi) is 6.16. The molecular weight excluding hydrogens is 396 g/mol. The fourth-order valence-corrected chi connectivity index (χ4v) is 5.29. The summed E-state index contributed by atoms with van der Waals surface area (Å²) in [5.74, 6) is 1.44. The molecule has 2 aromatic rings. The topological polar surface area (TPSA) is 89.5 Å². The number of aromatic nitrogens is 4. The van der Waals surface area contributed by atoms with Gasteiger partial charge < -0.3 is 14.1 Å². The molecule has 170 valence electrons. The zero-order valence-corrected chi connectivity index (χ0v) is 19.3. The predicted octanol–water partition coefficient (Wildman–Crippen LogP) is 2.18. The molecule has 9 heteroatoms. The van der Waals surface area contributed by atoms with Crippen molar-refractivity contribution in [3.05, 3.63) is 28.7 Å². The summed E-state index contributed by atoms with van der Waals surface area (Å²) in [5.41, 5.74) is 3.59. The molecule has 1 unspecified atom stereocenters. The van der Waals surface area contributed by atoms with Crippen molar-refractivity contribution in [1.82, 2.24) is 29.8 Å². The van der Waals surface area contributed by atoms with Crippen molar-refractivity contribution in [2.45, 2.75) is 58.6 Å². The molecule has 2 aliphatic rings. The van der Waals surface area contributed by atoms with Crippen LogP contribution in [0.15, 0.2) is 4.42 Å². The molecule has 9 nitrogen and oxygen atoms in total. The molecule has 4 rings (SSSR count). The van der Waals surface area contributed by atoms with Gasteiger partial charge in [0, 0.05) is 45.9 Å². The van der Waals surface area contributed by atoms with E-state index in [0.717, 1.165) is 56.7 Å². The fourth-order valence-electron chi connectivity index (χ4n) is 5.29. The number of amides is 1.